The Labute approximate surface area is 236 Å². The Bertz CT molecular complexity index is 1530. The fourth-order valence-electron chi connectivity index (χ4n) is 4.53. The summed E-state index contributed by atoms with van der Waals surface area (Å²) >= 11 is 0. The molecule has 1 atom stereocenters. The van der Waals surface area contributed by atoms with Gasteiger partial charge in [0.2, 0.25) is 11.8 Å². The molecule has 4 rings (SSSR count). The van der Waals surface area contributed by atoms with Crippen LogP contribution in [-0.4, -0.2) is 44.8 Å². The zero-order chi connectivity index (χ0) is 28.5. The van der Waals surface area contributed by atoms with Crippen molar-refractivity contribution in [3.05, 3.63) is 132 Å². The van der Waals surface area contributed by atoms with Gasteiger partial charge in [-0.3, -0.25) is 13.9 Å². The van der Waals surface area contributed by atoms with E-state index in [1.807, 2.05) is 61.5 Å². The Balaban J connectivity index is 1.77. The second-order valence-corrected chi connectivity index (χ2v) is 11.3. The molecule has 206 valence electrons. The summed E-state index contributed by atoms with van der Waals surface area (Å²) in [5.74, 6) is -0.820. The molecule has 2 amide bonds. The molecule has 4 aromatic rings. The predicted octanol–water partition coefficient (Wildman–Crippen LogP) is 4.58. The summed E-state index contributed by atoms with van der Waals surface area (Å²) in [6, 6.07) is 32.8. The number of aryl methyl sites for hydroxylation is 1. The van der Waals surface area contributed by atoms with E-state index < -0.39 is 28.5 Å². The van der Waals surface area contributed by atoms with Crippen LogP contribution in [-0.2, 0) is 32.6 Å². The number of hydrogen-bond acceptors (Lipinski definition) is 4. The first-order valence-electron chi connectivity index (χ1n) is 13.0. The number of sulfonamides is 1. The molecule has 0 saturated carbocycles. The van der Waals surface area contributed by atoms with Crippen molar-refractivity contribution in [2.24, 2.45) is 0 Å². The highest BCUT2D eigenvalue weighted by Crippen LogP contribution is 2.25. The van der Waals surface area contributed by atoms with Crippen LogP contribution in [0.2, 0.25) is 0 Å². The molecule has 0 bridgehead atoms. The molecule has 0 aliphatic rings. The Hall–Kier alpha value is -4.43. The molecule has 0 saturated heterocycles. The van der Waals surface area contributed by atoms with Gasteiger partial charge in [0.15, 0.2) is 0 Å². The van der Waals surface area contributed by atoms with Gasteiger partial charge in [-0.15, -0.1) is 0 Å². The monoisotopic (exact) mass is 555 g/mol. The smallest absolute Gasteiger partial charge is 0.264 e. The summed E-state index contributed by atoms with van der Waals surface area (Å²) in [6.45, 7) is 1.61. The van der Waals surface area contributed by atoms with E-state index in [4.69, 9.17) is 0 Å². The molecule has 1 N–H and O–H groups in total. The van der Waals surface area contributed by atoms with E-state index in [0.717, 1.165) is 21.0 Å². The van der Waals surface area contributed by atoms with Crippen LogP contribution in [0.4, 0.5) is 5.69 Å². The molecular weight excluding hydrogens is 522 g/mol. The van der Waals surface area contributed by atoms with Crippen molar-refractivity contribution in [3.8, 4) is 0 Å². The maximum absolute atomic E-state index is 14.2. The van der Waals surface area contributed by atoms with Crippen molar-refractivity contribution in [2.45, 2.75) is 30.8 Å². The first-order chi connectivity index (χ1) is 19.3. The Morgan fingerprint density at radius 1 is 0.775 bits per heavy atom. The molecule has 0 fully saturated rings. The third kappa shape index (κ3) is 6.76. The van der Waals surface area contributed by atoms with Crippen LogP contribution in [0.1, 0.15) is 16.7 Å². The van der Waals surface area contributed by atoms with Crippen molar-refractivity contribution in [2.75, 3.05) is 17.9 Å². The third-order valence-electron chi connectivity index (χ3n) is 6.77. The van der Waals surface area contributed by atoms with E-state index in [0.29, 0.717) is 5.69 Å². The number of likely N-dealkylation sites (N-methyl/N-ethyl adjacent to an activating group) is 1. The molecule has 8 heteroatoms. The van der Waals surface area contributed by atoms with Gasteiger partial charge in [0.05, 0.1) is 10.6 Å². The number of para-hydroxylation sites is 1. The lowest BCUT2D eigenvalue weighted by Gasteiger charge is -2.34. The molecule has 0 aliphatic carbocycles. The average molecular weight is 556 g/mol. The summed E-state index contributed by atoms with van der Waals surface area (Å²) < 4.78 is 28.8. The molecule has 0 aliphatic heterocycles. The molecular formula is C32H33N3O4S. The van der Waals surface area contributed by atoms with Gasteiger partial charge in [-0.1, -0.05) is 91.0 Å². The summed E-state index contributed by atoms with van der Waals surface area (Å²) in [5.41, 5.74) is 3.08. The minimum Gasteiger partial charge on any atom is -0.357 e. The maximum Gasteiger partial charge on any atom is 0.264 e. The molecule has 0 radical (unpaired) electrons. The summed E-state index contributed by atoms with van der Waals surface area (Å²) in [4.78, 5) is 29.1. The number of amides is 2. The van der Waals surface area contributed by atoms with E-state index >= 15 is 0 Å². The highest BCUT2D eigenvalue weighted by Gasteiger charge is 2.34. The lowest BCUT2D eigenvalue weighted by Crippen LogP contribution is -2.53. The maximum atomic E-state index is 14.2. The molecule has 0 aromatic heterocycles. The molecule has 1 unspecified atom stereocenters. The number of anilines is 1. The molecule has 7 nitrogen and oxygen atoms in total. The summed E-state index contributed by atoms with van der Waals surface area (Å²) in [5, 5.41) is 2.70. The second-order valence-electron chi connectivity index (χ2n) is 9.43. The van der Waals surface area contributed by atoms with E-state index in [-0.39, 0.29) is 23.8 Å². The SMILES string of the molecule is CNC(=O)C(Cc1ccccc1)N(Cc1ccccc1C)C(=O)CN(c1ccccc1)S(=O)(=O)c1ccccc1. The largest absolute Gasteiger partial charge is 0.357 e. The topological polar surface area (TPSA) is 86.8 Å². The standard InChI is InChI=1S/C32H33N3O4S/c1-25-14-12-13-17-27(25)23-34(30(32(37)33-2)22-26-15-6-3-7-16-26)31(36)24-35(28-18-8-4-9-19-28)40(38,39)29-20-10-5-11-21-29/h3-21,30H,22-24H2,1-2H3,(H,33,37). The van der Waals surface area contributed by atoms with Crippen molar-refractivity contribution in [1.82, 2.24) is 10.2 Å². The van der Waals surface area contributed by atoms with Crippen molar-refractivity contribution in [1.29, 1.82) is 0 Å². The van der Waals surface area contributed by atoms with Crippen LogP contribution in [0.15, 0.2) is 120 Å². The first-order valence-corrected chi connectivity index (χ1v) is 14.5. The van der Waals surface area contributed by atoms with Crippen LogP contribution in [0.3, 0.4) is 0 Å². The number of carbonyl (C=O) groups excluding carboxylic acids is 2. The second kappa shape index (κ2) is 13.1. The molecule has 4 aromatic carbocycles. The summed E-state index contributed by atoms with van der Waals surface area (Å²) in [6.07, 6.45) is 0.273. The van der Waals surface area contributed by atoms with Gasteiger partial charge < -0.3 is 10.2 Å². The number of nitrogens with one attached hydrogen (secondary N) is 1. The lowest BCUT2D eigenvalue weighted by molar-refractivity contribution is -0.139. The fourth-order valence-corrected chi connectivity index (χ4v) is 5.97. The summed E-state index contributed by atoms with van der Waals surface area (Å²) in [7, 11) is -2.55. The van der Waals surface area contributed by atoms with Crippen molar-refractivity contribution in [3.63, 3.8) is 0 Å². The fraction of sp³-hybridized carbons (Fsp3) is 0.188. The van der Waals surface area contributed by atoms with Gasteiger partial charge in [0, 0.05) is 20.0 Å². The van der Waals surface area contributed by atoms with E-state index in [1.54, 1.807) is 48.5 Å². The Morgan fingerprint density at radius 2 is 1.32 bits per heavy atom. The Kier molecular flexibility index (Phi) is 9.35. The normalized spacial score (nSPS) is 11.8. The van der Waals surface area contributed by atoms with Gasteiger partial charge in [0.1, 0.15) is 12.6 Å². The van der Waals surface area contributed by atoms with E-state index in [9.17, 15) is 18.0 Å². The van der Waals surface area contributed by atoms with E-state index in [1.165, 1.54) is 24.1 Å². The number of benzene rings is 4. The zero-order valence-electron chi connectivity index (χ0n) is 22.6. The lowest BCUT2D eigenvalue weighted by atomic mass is 10.0. The first kappa shape index (κ1) is 28.6. The van der Waals surface area contributed by atoms with Gasteiger partial charge in [-0.2, -0.15) is 0 Å². The average Bonchev–Trinajstić information content (AvgIpc) is 2.99. The van der Waals surface area contributed by atoms with Gasteiger partial charge >= 0.3 is 0 Å². The quantitative estimate of drug-likeness (QED) is 0.294. The number of carbonyl (C=O) groups is 2. The van der Waals surface area contributed by atoms with Crippen LogP contribution in [0.25, 0.3) is 0 Å². The molecule has 40 heavy (non-hydrogen) atoms. The minimum absolute atomic E-state index is 0.0734. The Morgan fingerprint density at radius 3 is 1.93 bits per heavy atom. The van der Waals surface area contributed by atoms with Crippen LogP contribution < -0.4 is 9.62 Å². The van der Waals surface area contributed by atoms with Crippen LogP contribution in [0.5, 0.6) is 0 Å². The molecule has 0 heterocycles. The highest BCUT2D eigenvalue weighted by molar-refractivity contribution is 7.92. The number of rotatable bonds is 11. The van der Waals surface area contributed by atoms with Gasteiger partial charge in [-0.05, 0) is 47.9 Å². The van der Waals surface area contributed by atoms with Gasteiger partial charge in [0.25, 0.3) is 10.0 Å². The molecule has 0 spiro atoms. The third-order valence-corrected chi connectivity index (χ3v) is 8.56. The van der Waals surface area contributed by atoms with Crippen LogP contribution >= 0.6 is 0 Å². The number of nitrogens with zero attached hydrogens (tertiary/aromatic N) is 2. The predicted molar refractivity (Wildman–Crippen MR) is 157 cm³/mol. The van der Waals surface area contributed by atoms with Crippen molar-refractivity contribution < 1.29 is 18.0 Å². The van der Waals surface area contributed by atoms with Crippen LogP contribution in [0, 0.1) is 6.92 Å². The van der Waals surface area contributed by atoms with E-state index in [2.05, 4.69) is 5.32 Å². The van der Waals surface area contributed by atoms with Crippen molar-refractivity contribution >= 4 is 27.5 Å². The highest BCUT2D eigenvalue weighted by atomic mass is 32.2. The zero-order valence-corrected chi connectivity index (χ0v) is 23.4. The van der Waals surface area contributed by atoms with Gasteiger partial charge in [-0.25, -0.2) is 8.42 Å². The minimum atomic E-state index is -4.09. The number of hydrogen-bond donors (Lipinski definition) is 1.